The van der Waals surface area contributed by atoms with Crippen LogP contribution >= 0.6 is 0 Å². The summed E-state index contributed by atoms with van der Waals surface area (Å²) >= 11 is 0. The van der Waals surface area contributed by atoms with Crippen molar-refractivity contribution < 1.29 is 17.6 Å². The number of H-pyrrole nitrogens is 1. The maximum absolute atomic E-state index is 14.3. The van der Waals surface area contributed by atoms with Gasteiger partial charge in [-0.2, -0.15) is 14.7 Å². The highest BCUT2D eigenvalue weighted by atomic mass is 32.2. The van der Waals surface area contributed by atoms with E-state index in [1.165, 1.54) is 10.6 Å². The first-order valence-corrected chi connectivity index (χ1v) is 15.5. The summed E-state index contributed by atoms with van der Waals surface area (Å²) in [7, 11) is -3.77. The second kappa shape index (κ2) is 9.72. The normalized spacial score (nSPS) is 20.3. The number of benzene rings is 1. The van der Waals surface area contributed by atoms with Gasteiger partial charge < -0.3 is 10.6 Å². The third-order valence-electron chi connectivity index (χ3n) is 8.34. The molecule has 2 aliphatic heterocycles. The van der Waals surface area contributed by atoms with E-state index in [0.717, 1.165) is 19.1 Å². The summed E-state index contributed by atoms with van der Waals surface area (Å²) in [5.74, 6) is -0.709. The predicted octanol–water partition coefficient (Wildman–Crippen LogP) is 3.86. The van der Waals surface area contributed by atoms with Gasteiger partial charge >= 0.3 is 0 Å². The fourth-order valence-corrected chi connectivity index (χ4v) is 7.56. The highest BCUT2D eigenvalue weighted by molar-refractivity contribution is 7.91. The summed E-state index contributed by atoms with van der Waals surface area (Å²) in [6, 6.07) is 11.5. The van der Waals surface area contributed by atoms with Crippen molar-refractivity contribution in [1.29, 1.82) is 0 Å². The van der Waals surface area contributed by atoms with E-state index in [2.05, 4.69) is 20.3 Å². The van der Waals surface area contributed by atoms with Crippen LogP contribution in [0.5, 0.6) is 0 Å². The largest absolute Gasteiger partial charge is 0.382 e. The maximum atomic E-state index is 14.3. The van der Waals surface area contributed by atoms with Crippen LogP contribution in [0.3, 0.4) is 0 Å². The molecular formula is C29H27FN8O3S. The number of hydrogen-bond acceptors (Lipinski definition) is 8. The molecule has 1 amide bonds. The number of anilines is 1. The number of nitrogens with one attached hydrogen (secondary N) is 1. The van der Waals surface area contributed by atoms with Crippen molar-refractivity contribution in [2.24, 2.45) is 0 Å². The smallest absolute Gasteiger partial charge is 0.272 e. The van der Waals surface area contributed by atoms with Crippen LogP contribution in [0.2, 0.25) is 0 Å². The van der Waals surface area contributed by atoms with Crippen LogP contribution in [0.15, 0.2) is 66.0 Å². The Morgan fingerprint density at radius 1 is 1.05 bits per heavy atom. The number of amides is 1. The van der Waals surface area contributed by atoms with Gasteiger partial charge in [0.15, 0.2) is 15.5 Å². The number of piperidine rings is 1. The van der Waals surface area contributed by atoms with Crippen molar-refractivity contribution in [2.45, 2.75) is 48.6 Å². The Hall–Kier alpha value is -4.65. The van der Waals surface area contributed by atoms with Crippen LogP contribution in [0.25, 0.3) is 28.0 Å². The number of pyridine rings is 1. The molecule has 6 heterocycles. The van der Waals surface area contributed by atoms with Gasteiger partial charge in [0.1, 0.15) is 22.2 Å². The Balaban J connectivity index is 1.28. The van der Waals surface area contributed by atoms with Gasteiger partial charge in [-0.1, -0.05) is 18.2 Å². The van der Waals surface area contributed by atoms with E-state index in [1.807, 2.05) is 4.90 Å². The van der Waals surface area contributed by atoms with Crippen LogP contribution in [-0.4, -0.2) is 67.3 Å². The summed E-state index contributed by atoms with van der Waals surface area (Å²) < 4.78 is 41.8. The monoisotopic (exact) mass is 586 g/mol. The molecule has 0 spiro atoms. The van der Waals surface area contributed by atoms with E-state index in [0.29, 0.717) is 52.3 Å². The standard InChI is InChI=1S/C29H27FN8O3S/c1-42(40,41)26-25(17-12-18-7-8-19(13-17)37(18)29(39)24-10-11-33-36-24)35-28-21(15-34-38(28)27(26)31)16-6-9-23(32-14-16)20-4-2-3-5-22(20)30/h2-6,9-11,14-15,17-19H,7-8,12-13,31H2,1H3,(H,33,36)/t17-,18+,19-. The number of carbonyl (C=O) groups excluding carboxylic acids is 1. The number of nitrogen functional groups attached to an aromatic ring is 1. The molecule has 0 aliphatic carbocycles. The molecule has 13 heteroatoms. The molecule has 42 heavy (non-hydrogen) atoms. The number of sulfone groups is 1. The number of carbonyl (C=O) groups is 1. The zero-order chi connectivity index (χ0) is 29.2. The number of aromatic amines is 1. The van der Waals surface area contributed by atoms with E-state index in [4.69, 9.17) is 10.7 Å². The SMILES string of the molecule is CS(=O)(=O)c1c([C@H]2C[C@H]3CC[C@@H](C2)N3C(=O)c2ccn[nH]2)nc2c(-c3ccc(-c4ccccc4F)nc3)cnn2c1N. The summed E-state index contributed by atoms with van der Waals surface area (Å²) in [5.41, 5.74) is 9.88. The first-order valence-electron chi connectivity index (χ1n) is 13.6. The van der Waals surface area contributed by atoms with Crippen LogP contribution in [0, 0.1) is 5.82 Å². The molecule has 3 N–H and O–H groups in total. The van der Waals surface area contributed by atoms with Gasteiger partial charge in [0.25, 0.3) is 5.91 Å². The molecule has 5 aromatic rings. The molecule has 1 aromatic carbocycles. The Morgan fingerprint density at radius 2 is 1.81 bits per heavy atom. The third kappa shape index (κ3) is 4.23. The van der Waals surface area contributed by atoms with Gasteiger partial charge in [0.2, 0.25) is 0 Å². The average Bonchev–Trinajstić information content (AvgIpc) is 3.71. The molecule has 3 atom stereocenters. The van der Waals surface area contributed by atoms with Crippen LogP contribution in [-0.2, 0) is 9.84 Å². The third-order valence-corrected chi connectivity index (χ3v) is 9.50. The zero-order valence-electron chi connectivity index (χ0n) is 22.6. The molecule has 11 nitrogen and oxygen atoms in total. The van der Waals surface area contributed by atoms with Gasteiger partial charge in [-0.3, -0.25) is 14.9 Å². The van der Waals surface area contributed by atoms with Gasteiger partial charge in [0.05, 0.1) is 17.6 Å². The Bertz CT molecular complexity index is 1930. The minimum Gasteiger partial charge on any atom is -0.382 e. The van der Waals surface area contributed by atoms with Crippen molar-refractivity contribution in [3.8, 4) is 22.4 Å². The van der Waals surface area contributed by atoms with Gasteiger partial charge in [-0.05, 0) is 49.9 Å². The average molecular weight is 587 g/mol. The number of fused-ring (bicyclic) bond motifs is 3. The lowest BCUT2D eigenvalue weighted by Gasteiger charge is -2.39. The van der Waals surface area contributed by atoms with Crippen molar-refractivity contribution in [3.63, 3.8) is 0 Å². The fourth-order valence-electron chi connectivity index (χ4n) is 6.51. The fraction of sp³-hybridized carbons (Fsp3) is 0.276. The maximum Gasteiger partial charge on any atom is 0.272 e. The lowest BCUT2D eigenvalue weighted by molar-refractivity contribution is 0.0562. The molecule has 0 unspecified atom stereocenters. The lowest BCUT2D eigenvalue weighted by Crippen LogP contribution is -2.46. The Labute approximate surface area is 240 Å². The van der Waals surface area contributed by atoms with E-state index < -0.39 is 9.84 Å². The highest BCUT2D eigenvalue weighted by Crippen LogP contribution is 2.45. The Morgan fingerprint density at radius 3 is 2.45 bits per heavy atom. The van der Waals surface area contributed by atoms with Crippen molar-refractivity contribution in [3.05, 3.63) is 78.3 Å². The lowest BCUT2D eigenvalue weighted by atomic mass is 9.87. The second-order valence-electron chi connectivity index (χ2n) is 10.9. The van der Waals surface area contributed by atoms with Crippen molar-refractivity contribution in [2.75, 3.05) is 12.0 Å². The number of aromatic nitrogens is 6. The molecule has 2 aliphatic rings. The summed E-state index contributed by atoms with van der Waals surface area (Å²) in [4.78, 5) is 24.4. The van der Waals surface area contributed by atoms with Crippen molar-refractivity contribution >= 4 is 27.2 Å². The van der Waals surface area contributed by atoms with Crippen LogP contribution in [0.4, 0.5) is 10.2 Å². The van der Waals surface area contributed by atoms with Crippen LogP contribution < -0.4 is 5.73 Å². The summed E-state index contributed by atoms with van der Waals surface area (Å²) in [5, 5.41) is 11.0. The first-order chi connectivity index (χ1) is 20.2. The van der Waals surface area contributed by atoms with E-state index in [-0.39, 0.29) is 40.4 Å². The number of halogens is 1. The molecule has 7 rings (SSSR count). The molecule has 214 valence electrons. The van der Waals surface area contributed by atoms with Crippen molar-refractivity contribution in [1.82, 2.24) is 34.7 Å². The molecule has 2 saturated heterocycles. The van der Waals surface area contributed by atoms with Crippen LogP contribution in [0.1, 0.15) is 47.8 Å². The highest BCUT2D eigenvalue weighted by Gasteiger charge is 2.45. The van der Waals surface area contributed by atoms with Gasteiger partial charge in [-0.25, -0.2) is 17.8 Å². The van der Waals surface area contributed by atoms with Gasteiger partial charge in [-0.15, -0.1) is 0 Å². The first kappa shape index (κ1) is 26.3. The number of nitrogens with two attached hydrogens (primary N) is 1. The number of nitrogens with zero attached hydrogens (tertiary/aromatic N) is 6. The summed E-state index contributed by atoms with van der Waals surface area (Å²) in [6.45, 7) is 0. The molecule has 0 radical (unpaired) electrons. The quantitative estimate of drug-likeness (QED) is 0.315. The predicted molar refractivity (Wildman–Crippen MR) is 153 cm³/mol. The van der Waals surface area contributed by atoms with Gasteiger partial charge in [0, 0.05) is 53.3 Å². The minimum absolute atomic E-state index is 0.0111. The molecule has 4 aromatic heterocycles. The number of rotatable bonds is 5. The Kier molecular flexibility index (Phi) is 6.08. The van der Waals surface area contributed by atoms with E-state index in [1.54, 1.807) is 55.0 Å². The zero-order valence-corrected chi connectivity index (χ0v) is 23.4. The summed E-state index contributed by atoms with van der Waals surface area (Å²) in [6.07, 6.45) is 8.62. The molecule has 0 saturated carbocycles. The molecule has 2 bridgehead atoms. The molecule has 2 fully saturated rings. The van der Waals surface area contributed by atoms with E-state index in [9.17, 15) is 17.6 Å². The molecular weight excluding hydrogens is 559 g/mol. The van der Waals surface area contributed by atoms with E-state index >= 15 is 0 Å². The second-order valence-corrected chi connectivity index (χ2v) is 12.9. The number of hydrogen-bond donors (Lipinski definition) is 2. The topological polar surface area (TPSA) is 152 Å². The minimum atomic E-state index is -3.77.